The van der Waals surface area contributed by atoms with E-state index in [0.717, 1.165) is 0 Å². The Bertz CT molecular complexity index is 752. The first-order valence-corrected chi connectivity index (χ1v) is 12.0. The Morgan fingerprint density at radius 2 is 1.85 bits per heavy atom. The van der Waals surface area contributed by atoms with Crippen molar-refractivity contribution in [2.75, 3.05) is 14.2 Å². The zero-order chi connectivity index (χ0) is 25.0. The number of hydrogen-bond donors (Lipinski definition) is 4. The molecule has 4 atom stereocenters. The second kappa shape index (κ2) is 14.2. The average Bonchev–Trinajstić information content (AvgIpc) is 2.79. The number of hydrogen-bond acceptors (Lipinski definition) is 7. The Morgan fingerprint density at radius 3 is 2.39 bits per heavy atom. The largest absolute Gasteiger partial charge is 0.469 e. The van der Waals surface area contributed by atoms with E-state index in [0.29, 0.717) is 32.1 Å². The number of rotatable bonds is 14. The fourth-order valence-corrected chi connectivity index (χ4v) is 4.20. The molecule has 1 aliphatic carbocycles. The van der Waals surface area contributed by atoms with Crippen molar-refractivity contribution in [1.29, 1.82) is 0 Å². The molecule has 8 nitrogen and oxygen atoms in total. The van der Waals surface area contributed by atoms with Gasteiger partial charge in [0.2, 0.25) is 11.8 Å². The Balaban J connectivity index is 2.90. The second-order valence-electron chi connectivity index (χ2n) is 8.97. The summed E-state index contributed by atoms with van der Waals surface area (Å²) in [6, 6.07) is -1.58. The summed E-state index contributed by atoms with van der Waals surface area (Å²) in [7, 11) is 2.82. The zero-order valence-corrected chi connectivity index (χ0v) is 21.0. The van der Waals surface area contributed by atoms with E-state index in [1.54, 1.807) is 12.2 Å². The number of nitrogens with one attached hydrogen (secondary N) is 2. The highest BCUT2D eigenvalue weighted by Crippen LogP contribution is 2.36. The Hall–Kier alpha value is -2.13. The molecule has 2 unspecified atom stereocenters. The third-order valence-electron chi connectivity index (χ3n) is 5.78. The minimum Gasteiger partial charge on any atom is -0.469 e. The number of nitrogens with two attached hydrogens (primary N) is 1. The molecule has 2 amide bonds. The third kappa shape index (κ3) is 9.33. The van der Waals surface area contributed by atoms with Crippen LogP contribution < -0.4 is 16.4 Å². The van der Waals surface area contributed by atoms with Gasteiger partial charge in [0.25, 0.3) is 0 Å². The van der Waals surface area contributed by atoms with Gasteiger partial charge in [0.05, 0.1) is 23.8 Å². The molecule has 0 aliphatic heterocycles. The van der Waals surface area contributed by atoms with Crippen molar-refractivity contribution in [3.63, 3.8) is 0 Å². The molecule has 1 aliphatic rings. The molecule has 1 rings (SSSR count). The van der Waals surface area contributed by atoms with Gasteiger partial charge in [-0.25, -0.2) is 0 Å². The summed E-state index contributed by atoms with van der Waals surface area (Å²) < 4.78 is 4.61. The number of amides is 2. The quantitative estimate of drug-likeness (QED) is 0.171. The highest BCUT2D eigenvalue weighted by molar-refractivity contribution is 7.81. The minimum absolute atomic E-state index is 0.104. The van der Waals surface area contributed by atoms with Crippen molar-refractivity contribution in [3.05, 3.63) is 24.3 Å². The highest BCUT2D eigenvalue weighted by atomic mass is 32.1. The van der Waals surface area contributed by atoms with Crippen LogP contribution in [0.25, 0.3) is 0 Å². The van der Waals surface area contributed by atoms with Gasteiger partial charge in [0.1, 0.15) is 6.04 Å². The van der Waals surface area contributed by atoms with Gasteiger partial charge in [0, 0.05) is 13.5 Å². The lowest BCUT2D eigenvalue weighted by molar-refractivity contribution is -0.140. The number of carbonyl (C=O) groups is 4. The standard InChI is InChI=1S/C24H39N3O5S/c1-16(2)14-17(25)21(29)24(12-8-5-9-13-24)15-18(22(30)26-3)27-23(31)19(33)10-6-7-11-20(28)32-4/h5,8-9,12,16-19,33H,6-7,10-11,13-15,25H2,1-4H3,(H,26,30)(H,27,31)/t17-,18-,19?,24?/m0/s1. The van der Waals surface area contributed by atoms with Gasteiger partial charge in [-0.3, -0.25) is 19.2 Å². The fraction of sp³-hybridized carbons (Fsp3) is 0.667. The zero-order valence-electron chi connectivity index (χ0n) is 20.1. The average molecular weight is 482 g/mol. The van der Waals surface area contributed by atoms with Crippen LogP contribution in [0.3, 0.4) is 0 Å². The molecule has 0 radical (unpaired) electrons. The molecule has 0 aromatic rings. The first-order valence-electron chi connectivity index (χ1n) is 11.5. The lowest BCUT2D eigenvalue weighted by atomic mass is 9.70. The molecule has 4 N–H and O–H groups in total. The van der Waals surface area contributed by atoms with Crippen LogP contribution >= 0.6 is 12.6 Å². The van der Waals surface area contributed by atoms with Gasteiger partial charge in [0.15, 0.2) is 5.78 Å². The van der Waals surface area contributed by atoms with Gasteiger partial charge in [-0.2, -0.15) is 12.6 Å². The number of Topliss-reactive ketones (excluding diaryl/α,β-unsaturated/α-hetero) is 1. The Labute approximate surface area is 202 Å². The molecule has 186 valence electrons. The highest BCUT2D eigenvalue weighted by Gasteiger charge is 2.42. The van der Waals surface area contributed by atoms with Crippen LogP contribution in [0.4, 0.5) is 0 Å². The van der Waals surface area contributed by atoms with Gasteiger partial charge >= 0.3 is 5.97 Å². The molecule has 0 spiro atoms. The summed E-state index contributed by atoms with van der Waals surface area (Å²) >= 11 is 4.37. The maximum Gasteiger partial charge on any atom is 0.305 e. The number of unbranched alkanes of at least 4 members (excludes halogenated alkanes) is 1. The van der Waals surface area contributed by atoms with E-state index in [1.807, 2.05) is 26.0 Å². The number of carbonyl (C=O) groups excluding carboxylic acids is 4. The normalized spacial score (nSPS) is 20.1. The van der Waals surface area contributed by atoms with Gasteiger partial charge in [-0.15, -0.1) is 0 Å². The van der Waals surface area contributed by atoms with E-state index in [2.05, 4.69) is 28.0 Å². The predicted octanol–water partition coefficient (Wildman–Crippen LogP) is 2.08. The van der Waals surface area contributed by atoms with E-state index in [4.69, 9.17) is 5.73 Å². The smallest absolute Gasteiger partial charge is 0.305 e. The number of methoxy groups -OCH3 is 1. The van der Waals surface area contributed by atoms with E-state index in [-0.39, 0.29) is 36.4 Å². The molecule has 0 bridgehead atoms. The topological polar surface area (TPSA) is 128 Å². The maximum atomic E-state index is 13.4. The number of thiol groups is 1. The number of ketones is 1. The molecular formula is C24H39N3O5S. The summed E-state index contributed by atoms with van der Waals surface area (Å²) in [5.41, 5.74) is 5.25. The van der Waals surface area contributed by atoms with E-state index < -0.39 is 28.7 Å². The Morgan fingerprint density at radius 1 is 1.15 bits per heavy atom. The molecule has 0 aromatic heterocycles. The summed E-state index contributed by atoms with van der Waals surface area (Å²) in [4.78, 5) is 50.0. The van der Waals surface area contributed by atoms with Crippen LogP contribution in [0.2, 0.25) is 0 Å². The molecule has 0 saturated heterocycles. The van der Waals surface area contributed by atoms with Crippen molar-refractivity contribution in [1.82, 2.24) is 10.6 Å². The molecule has 0 aromatic carbocycles. The van der Waals surface area contributed by atoms with Crippen LogP contribution in [0.5, 0.6) is 0 Å². The number of esters is 1. The molecular weight excluding hydrogens is 442 g/mol. The number of allylic oxidation sites excluding steroid dienone is 4. The van der Waals surface area contributed by atoms with Crippen LogP contribution in [0, 0.1) is 11.3 Å². The van der Waals surface area contributed by atoms with E-state index in [9.17, 15) is 19.2 Å². The summed E-state index contributed by atoms with van der Waals surface area (Å²) in [5, 5.41) is 4.69. The summed E-state index contributed by atoms with van der Waals surface area (Å²) in [6.45, 7) is 4.00. The SMILES string of the molecule is CNC(=O)[C@H](CC1(C(=O)[C@@H](N)CC(C)C)C=CC=CC1)NC(=O)C(S)CCCCC(=O)OC. The Kier molecular flexibility index (Phi) is 12.4. The van der Waals surface area contributed by atoms with Crippen LogP contribution in [0.15, 0.2) is 24.3 Å². The molecule has 0 heterocycles. The maximum absolute atomic E-state index is 13.4. The molecule has 0 fully saturated rings. The monoisotopic (exact) mass is 481 g/mol. The van der Waals surface area contributed by atoms with Crippen LogP contribution in [-0.4, -0.2) is 55.1 Å². The van der Waals surface area contributed by atoms with Crippen molar-refractivity contribution in [2.24, 2.45) is 17.1 Å². The van der Waals surface area contributed by atoms with Crippen molar-refractivity contribution in [2.45, 2.75) is 76.1 Å². The first kappa shape index (κ1) is 28.9. The van der Waals surface area contributed by atoms with Crippen LogP contribution in [0.1, 0.15) is 58.8 Å². The van der Waals surface area contributed by atoms with Crippen LogP contribution in [-0.2, 0) is 23.9 Å². The lowest BCUT2D eigenvalue weighted by Crippen LogP contribution is -2.53. The number of likely N-dealkylation sites (N-methyl/N-ethyl adjacent to an activating group) is 1. The molecule has 33 heavy (non-hydrogen) atoms. The molecule has 0 saturated carbocycles. The van der Waals surface area contributed by atoms with E-state index >= 15 is 0 Å². The molecule has 9 heteroatoms. The van der Waals surface area contributed by atoms with Gasteiger partial charge < -0.3 is 21.1 Å². The lowest BCUT2D eigenvalue weighted by Gasteiger charge is -2.35. The van der Waals surface area contributed by atoms with Crippen molar-refractivity contribution < 1.29 is 23.9 Å². The van der Waals surface area contributed by atoms with Gasteiger partial charge in [-0.05, 0) is 38.0 Å². The van der Waals surface area contributed by atoms with Crippen molar-refractivity contribution in [3.8, 4) is 0 Å². The van der Waals surface area contributed by atoms with Gasteiger partial charge in [-0.1, -0.05) is 44.6 Å². The van der Waals surface area contributed by atoms with Crippen molar-refractivity contribution >= 4 is 36.2 Å². The summed E-state index contributed by atoms with van der Waals surface area (Å²) in [5.74, 6) is -0.959. The second-order valence-corrected chi connectivity index (χ2v) is 9.59. The predicted molar refractivity (Wildman–Crippen MR) is 132 cm³/mol. The number of ether oxygens (including phenoxy) is 1. The first-order chi connectivity index (χ1) is 15.6. The summed E-state index contributed by atoms with van der Waals surface area (Å²) in [6.07, 6.45) is 10.3. The third-order valence-corrected chi connectivity index (χ3v) is 6.28. The minimum atomic E-state index is -0.972. The fourth-order valence-electron chi connectivity index (χ4n) is 3.94. The van der Waals surface area contributed by atoms with E-state index in [1.165, 1.54) is 14.2 Å².